The second kappa shape index (κ2) is 29.4. The van der Waals surface area contributed by atoms with Crippen molar-refractivity contribution in [1.82, 2.24) is 52.5 Å². The van der Waals surface area contributed by atoms with E-state index in [9.17, 15) is 83.4 Å². The van der Waals surface area contributed by atoms with Crippen LogP contribution in [0, 0.1) is 5.92 Å². The first-order valence-electron chi connectivity index (χ1n) is 22.4. The Hall–Kier alpha value is -7.76. The lowest BCUT2D eigenvalue weighted by Gasteiger charge is -2.29. The van der Waals surface area contributed by atoms with E-state index < -0.39 is 170 Å². The van der Waals surface area contributed by atoms with Gasteiger partial charge < -0.3 is 89.6 Å². The SMILES string of the molecule is CC[C@H](C)[C@H](NC(=O)CN)C(=O)N[C@@H](Cc1c[nH]cn1)C(=O)N[C@@H](CCC(=O)O)C(=O)N[C@H](C(=O)N[C@H](C(=O)N[C@@H](Cc1ccc(O)cc1)C(=O)N[C@@H](CC(N)=O)C(=O)N[C@@H](CO)C(=O)O)[C@@H](C)O)[C@@H](C)O. The van der Waals surface area contributed by atoms with Crippen molar-refractivity contribution in [2.45, 2.75) is 127 Å². The van der Waals surface area contributed by atoms with Crippen molar-refractivity contribution in [3.8, 4) is 5.75 Å². The highest BCUT2D eigenvalue weighted by Crippen LogP contribution is 2.14. The van der Waals surface area contributed by atoms with Gasteiger partial charge in [0.15, 0.2) is 0 Å². The summed E-state index contributed by atoms with van der Waals surface area (Å²) in [7, 11) is 0. The highest BCUT2D eigenvalue weighted by molar-refractivity contribution is 5.99. The number of primary amides is 1. The number of carbonyl (C=O) groups is 11. The zero-order valence-corrected chi connectivity index (χ0v) is 39.7. The van der Waals surface area contributed by atoms with Crippen LogP contribution in [-0.2, 0) is 65.6 Å². The number of nitrogens with one attached hydrogen (secondary N) is 9. The Labute approximate surface area is 411 Å². The Morgan fingerprint density at radius 1 is 0.639 bits per heavy atom. The van der Waals surface area contributed by atoms with Crippen LogP contribution in [0.2, 0.25) is 0 Å². The van der Waals surface area contributed by atoms with E-state index in [1.54, 1.807) is 13.8 Å². The van der Waals surface area contributed by atoms with Crippen molar-refractivity contribution in [3.05, 3.63) is 48.0 Å². The zero-order valence-electron chi connectivity index (χ0n) is 39.7. The van der Waals surface area contributed by atoms with Gasteiger partial charge in [-0.3, -0.25) is 47.9 Å². The molecular formula is C43H64N12O17. The summed E-state index contributed by atoms with van der Waals surface area (Å²) in [6.45, 7) is 3.95. The number of aliphatic hydroxyl groups excluding tert-OH is 3. The van der Waals surface area contributed by atoms with Gasteiger partial charge in [0.2, 0.25) is 53.2 Å². The number of aromatic hydroxyl groups is 1. The standard InChI is InChI=1S/C43H64N12O17/c1-5-19(2)33(53-31(61)15-44)40(68)51-27(13-23-16-46-18-47-23)38(66)48-25(10-11-32(62)63)36(64)54-35(21(4)58)42(70)55-34(20(3)57)41(69)50-26(12-22-6-8-24(59)9-7-22)37(65)49-28(14-30(45)60)39(67)52-29(17-56)43(71)72/h6-9,16,18-21,25-29,33-35,56-59H,5,10-15,17,44H2,1-4H3,(H2,45,60)(H,46,47)(H,48,66)(H,49,65)(H,50,69)(H,51,68)(H,52,67)(H,53,61)(H,54,64)(H,55,70)(H,62,63)(H,71,72)/t19-,20+,21+,25-,26-,27-,28-,29-,33-,34-,35-/m0/s1. The molecule has 19 N–H and O–H groups in total. The summed E-state index contributed by atoms with van der Waals surface area (Å²) in [4.78, 5) is 150. The predicted octanol–water partition coefficient (Wildman–Crippen LogP) is -6.64. The number of hydrogen-bond acceptors (Lipinski definition) is 17. The predicted molar refractivity (Wildman–Crippen MR) is 247 cm³/mol. The highest BCUT2D eigenvalue weighted by Gasteiger charge is 2.38. The van der Waals surface area contributed by atoms with Crippen LogP contribution in [0.3, 0.4) is 0 Å². The van der Waals surface area contributed by atoms with Gasteiger partial charge in [-0.15, -0.1) is 0 Å². The zero-order chi connectivity index (χ0) is 54.4. The van der Waals surface area contributed by atoms with E-state index in [-0.39, 0.29) is 23.4 Å². The van der Waals surface area contributed by atoms with Gasteiger partial charge in [0.25, 0.3) is 0 Å². The van der Waals surface area contributed by atoms with E-state index >= 15 is 0 Å². The summed E-state index contributed by atoms with van der Waals surface area (Å²) >= 11 is 0. The quantitative estimate of drug-likeness (QED) is 0.0334. The van der Waals surface area contributed by atoms with Gasteiger partial charge in [-0.1, -0.05) is 32.4 Å². The van der Waals surface area contributed by atoms with Gasteiger partial charge >= 0.3 is 11.9 Å². The van der Waals surface area contributed by atoms with Crippen molar-refractivity contribution in [1.29, 1.82) is 0 Å². The molecule has 0 radical (unpaired) electrons. The molecule has 0 bridgehead atoms. The molecule has 398 valence electrons. The van der Waals surface area contributed by atoms with Crippen LogP contribution in [0.1, 0.15) is 64.6 Å². The van der Waals surface area contributed by atoms with E-state index in [0.717, 1.165) is 13.8 Å². The number of hydrogen-bond donors (Lipinski definition) is 17. The molecule has 2 rings (SSSR count). The van der Waals surface area contributed by atoms with Crippen LogP contribution >= 0.6 is 0 Å². The van der Waals surface area contributed by atoms with E-state index in [1.807, 2.05) is 5.32 Å². The van der Waals surface area contributed by atoms with Gasteiger partial charge in [-0.2, -0.15) is 0 Å². The highest BCUT2D eigenvalue weighted by atomic mass is 16.4. The number of benzene rings is 1. The average molecular weight is 1020 g/mol. The fraction of sp³-hybridized carbons (Fsp3) is 0.535. The number of nitrogens with two attached hydrogens (primary N) is 2. The van der Waals surface area contributed by atoms with E-state index in [0.29, 0.717) is 6.42 Å². The van der Waals surface area contributed by atoms with E-state index in [2.05, 4.69) is 47.2 Å². The topological polar surface area (TPSA) is 486 Å². The molecule has 0 saturated heterocycles. The summed E-state index contributed by atoms with van der Waals surface area (Å²) in [6.07, 6.45) is -3.46. The summed E-state index contributed by atoms with van der Waals surface area (Å²) in [6, 6.07) is -8.80. The Kier molecular flexibility index (Phi) is 24.7. The molecule has 0 aliphatic carbocycles. The second-order valence-corrected chi connectivity index (χ2v) is 16.7. The average Bonchev–Trinajstić information content (AvgIpc) is 3.84. The molecule has 29 heteroatoms. The fourth-order valence-corrected chi connectivity index (χ4v) is 6.61. The smallest absolute Gasteiger partial charge is 0.328 e. The molecule has 1 heterocycles. The largest absolute Gasteiger partial charge is 0.508 e. The molecule has 0 saturated carbocycles. The molecule has 11 atom stereocenters. The number of aliphatic carboxylic acids is 2. The minimum atomic E-state index is -2.00. The number of phenols is 1. The Morgan fingerprint density at radius 2 is 1.11 bits per heavy atom. The molecule has 72 heavy (non-hydrogen) atoms. The molecule has 0 aliphatic rings. The fourth-order valence-electron chi connectivity index (χ4n) is 6.61. The van der Waals surface area contributed by atoms with Crippen molar-refractivity contribution in [2.24, 2.45) is 17.4 Å². The Balaban J connectivity index is 2.45. The van der Waals surface area contributed by atoms with Crippen LogP contribution in [0.4, 0.5) is 0 Å². The maximum absolute atomic E-state index is 13.9. The first-order valence-corrected chi connectivity index (χ1v) is 22.4. The molecule has 2 aromatic rings. The molecule has 0 aliphatic heterocycles. The number of phenolic OH excluding ortho intramolecular Hbond substituents is 1. The molecule has 1 aromatic carbocycles. The van der Waals surface area contributed by atoms with Crippen LogP contribution < -0.4 is 54.0 Å². The summed E-state index contributed by atoms with van der Waals surface area (Å²) in [5.74, 6) is -13.7. The monoisotopic (exact) mass is 1020 g/mol. The number of aliphatic hydroxyl groups is 3. The van der Waals surface area contributed by atoms with Crippen molar-refractivity contribution < 1.29 is 83.4 Å². The molecule has 9 amide bonds. The number of carboxylic acids is 2. The normalized spacial score (nSPS) is 15.6. The number of nitrogens with zero attached hydrogens (tertiary/aromatic N) is 1. The molecule has 29 nitrogen and oxygen atoms in total. The Bertz CT molecular complexity index is 2210. The number of rotatable bonds is 31. The lowest BCUT2D eigenvalue weighted by molar-refractivity contribution is -0.143. The minimum absolute atomic E-state index is 0.189. The van der Waals surface area contributed by atoms with Crippen LogP contribution in [0.25, 0.3) is 0 Å². The van der Waals surface area contributed by atoms with Gasteiger partial charge in [-0.05, 0) is 43.9 Å². The van der Waals surface area contributed by atoms with Gasteiger partial charge in [0, 0.05) is 25.5 Å². The number of aromatic amines is 1. The van der Waals surface area contributed by atoms with Crippen molar-refractivity contribution >= 4 is 65.1 Å². The first-order chi connectivity index (χ1) is 33.8. The summed E-state index contributed by atoms with van der Waals surface area (Å²) in [5.41, 5.74) is 11.2. The van der Waals surface area contributed by atoms with E-state index in [1.165, 1.54) is 36.8 Å². The number of aromatic nitrogens is 2. The number of amides is 9. The number of carboxylic acid groups (broad SMARTS) is 2. The van der Waals surface area contributed by atoms with Crippen LogP contribution in [0.15, 0.2) is 36.8 Å². The van der Waals surface area contributed by atoms with Gasteiger partial charge in [-0.25, -0.2) is 9.78 Å². The Morgan fingerprint density at radius 3 is 1.58 bits per heavy atom. The third-order valence-electron chi connectivity index (χ3n) is 10.8. The van der Waals surface area contributed by atoms with E-state index in [4.69, 9.17) is 11.5 Å². The van der Waals surface area contributed by atoms with Crippen LogP contribution in [-0.4, -0.2) is 179 Å². The van der Waals surface area contributed by atoms with Gasteiger partial charge in [0.05, 0.1) is 43.8 Å². The molecule has 0 fully saturated rings. The van der Waals surface area contributed by atoms with Gasteiger partial charge in [0.1, 0.15) is 54.1 Å². The first kappa shape index (κ1) is 60.4. The van der Waals surface area contributed by atoms with Crippen molar-refractivity contribution in [3.63, 3.8) is 0 Å². The third kappa shape index (κ3) is 19.9. The number of H-pyrrole nitrogens is 1. The third-order valence-corrected chi connectivity index (χ3v) is 10.8. The van der Waals surface area contributed by atoms with Crippen LogP contribution in [0.5, 0.6) is 5.75 Å². The number of carbonyl (C=O) groups excluding carboxylic acids is 9. The van der Waals surface area contributed by atoms with Crippen molar-refractivity contribution in [2.75, 3.05) is 13.2 Å². The molecular weight excluding hydrogens is 957 g/mol. The maximum Gasteiger partial charge on any atom is 0.328 e. The summed E-state index contributed by atoms with van der Waals surface area (Å²) < 4.78 is 0. The minimum Gasteiger partial charge on any atom is -0.508 e. The lowest BCUT2D eigenvalue weighted by atomic mass is 9.97. The molecule has 1 aromatic heterocycles. The summed E-state index contributed by atoms with van der Waals surface area (Å²) in [5, 5.41) is 77.5. The second-order valence-electron chi connectivity index (χ2n) is 16.7. The molecule has 0 spiro atoms. The number of imidazole rings is 1. The maximum atomic E-state index is 13.9. The molecule has 0 unspecified atom stereocenters. The lowest BCUT2D eigenvalue weighted by Crippen LogP contribution is -2.63.